The molecule has 0 saturated carbocycles. The van der Waals surface area contributed by atoms with Gasteiger partial charge in [0.15, 0.2) is 5.60 Å². The molecule has 0 rings (SSSR count). The Bertz CT molecular complexity index is 220. The maximum atomic E-state index is 10.9. The number of carbonyl (C=O) groups excluding carboxylic acids is 1. The summed E-state index contributed by atoms with van der Waals surface area (Å²) in [6.07, 6.45) is 0. The van der Waals surface area contributed by atoms with E-state index in [-0.39, 0.29) is 5.92 Å². The van der Waals surface area contributed by atoms with Gasteiger partial charge < -0.3 is 10.8 Å². The molecule has 0 bridgehead atoms. The largest absolute Gasteiger partial charge is 0.378 e. The Morgan fingerprint density at radius 3 is 2.08 bits per heavy atom. The summed E-state index contributed by atoms with van der Waals surface area (Å²) in [5.74, 6) is -1.98. The molecule has 0 fully saturated rings. The molecule has 4 heteroatoms. The van der Waals surface area contributed by atoms with Gasteiger partial charge in [0.1, 0.15) is 0 Å². The zero-order valence-corrected chi connectivity index (χ0v) is 7.53. The zero-order valence-electron chi connectivity index (χ0n) is 7.53. The lowest BCUT2D eigenvalue weighted by molar-refractivity contribution is -0.145. The van der Waals surface area contributed by atoms with Crippen LogP contribution in [0, 0.1) is 23.2 Å². The zero-order chi connectivity index (χ0) is 9.94. The van der Waals surface area contributed by atoms with E-state index in [1.807, 2.05) is 6.07 Å². The number of hydrogen-bond acceptors (Lipinski definition) is 3. The second kappa shape index (κ2) is 3.55. The molecule has 0 heterocycles. The molecule has 0 spiro atoms. The van der Waals surface area contributed by atoms with Gasteiger partial charge in [-0.1, -0.05) is 13.8 Å². The summed E-state index contributed by atoms with van der Waals surface area (Å²) < 4.78 is 0. The van der Waals surface area contributed by atoms with E-state index >= 15 is 0 Å². The van der Waals surface area contributed by atoms with Crippen molar-refractivity contribution in [2.75, 3.05) is 0 Å². The van der Waals surface area contributed by atoms with Gasteiger partial charge >= 0.3 is 0 Å². The van der Waals surface area contributed by atoms with E-state index in [9.17, 15) is 9.90 Å². The molecule has 12 heavy (non-hydrogen) atoms. The third-order valence-corrected chi connectivity index (χ3v) is 2.13. The van der Waals surface area contributed by atoms with Gasteiger partial charge in [-0.05, 0) is 12.8 Å². The molecule has 0 aromatic rings. The van der Waals surface area contributed by atoms with Crippen molar-refractivity contribution in [1.29, 1.82) is 5.26 Å². The minimum atomic E-state index is -1.71. The molecule has 0 saturated heterocycles. The van der Waals surface area contributed by atoms with E-state index in [2.05, 4.69) is 0 Å². The maximum Gasteiger partial charge on any atom is 0.251 e. The number of primary amides is 1. The fourth-order valence-electron chi connectivity index (χ4n) is 1.10. The number of nitrogens with zero attached hydrogens (tertiary/aromatic N) is 1. The lowest BCUT2D eigenvalue weighted by atomic mass is 9.79. The Morgan fingerprint density at radius 2 is 2.00 bits per heavy atom. The summed E-state index contributed by atoms with van der Waals surface area (Å²) in [4.78, 5) is 10.9. The topological polar surface area (TPSA) is 87.1 Å². The van der Waals surface area contributed by atoms with Crippen LogP contribution in [0.5, 0.6) is 0 Å². The highest BCUT2D eigenvalue weighted by molar-refractivity contribution is 5.84. The van der Waals surface area contributed by atoms with Crippen molar-refractivity contribution < 1.29 is 9.90 Å². The van der Waals surface area contributed by atoms with Crippen LogP contribution in [0.15, 0.2) is 0 Å². The molecule has 0 aliphatic carbocycles. The third-order valence-electron chi connectivity index (χ3n) is 2.13. The third kappa shape index (κ3) is 1.56. The van der Waals surface area contributed by atoms with Crippen molar-refractivity contribution in [3.8, 4) is 6.07 Å². The first-order valence-corrected chi connectivity index (χ1v) is 3.79. The molecule has 0 unspecified atom stereocenters. The van der Waals surface area contributed by atoms with E-state index in [1.54, 1.807) is 13.8 Å². The molecule has 0 radical (unpaired) electrons. The second-order valence-electron chi connectivity index (χ2n) is 3.20. The SMILES string of the molecule is CC(C)[C@](O)(C(N)=O)[C@H](C)C#N. The summed E-state index contributed by atoms with van der Waals surface area (Å²) in [5.41, 5.74) is 3.29. The van der Waals surface area contributed by atoms with Crippen molar-refractivity contribution in [2.24, 2.45) is 17.6 Å². The summed E-state index contributed by atoms with van der Waals surface area (Å²) in [6, 6.07) is 1.82. The van der Waals surface area contributed by atoms with Crippen LogP contribution in [-0.4, -0.2) is 16.6 Å². The van der Waals surface area contributed by atoms with Crippen LogP contribution in [0.2, 0.25) is 0 Å². The van der Waals surface area contributed by atoms with Crippen molar-refractivity contribution in [3.05, 3.63) is 0 Å². The molecule has 0 aliphatic heterocycles. The molecule has 0 aliphatic rings. The van der Waals surface area contributed by atoms with Crippen LogP contribution in [0.25, 0.3) is 0 Å². The number of hydrogen-bond donors (Lipinski definition) is 2. The van der Waals surface area contributed by atoms with Gasteiger partial charge in [0.2, 0.25) is 0 Å². The number of rotatable bonds is 3. The number of nitriles is 1. The number of nitrogens with two attached hydrogens (primary N) is 1. The number of amides is 1. The Balaban J connectivity index is 4.90. The molecule has 0 aromatic heterocycles. The van der Waals surface area contributed by atoms with Crippen LogP contribution in [-0.2, 0) is 4.79 Å². The molecule has 1 amide bonds. The molecule has 2 atom stereocenters. The van der Waals surface area contributed by atoms with Crippen molar-refractivity contribution >= 4 is 5.91 Å². The Labute approximate surface area is 72.0 Å². The van der Waals surface area contributed by atoms with E-state index < -0.39 is 17.4 Å². The monoisotopic (exact) mass is 170 g/mol. The van der Waals surface area contributed by atoms with Gasteiger partial charge in [-0.3, -0.25) is 4.79 Å². The average Bonchev–Trinajstić information content (AvgIpc) is 2.00. The predicted molar refractivity (Wildman–Crippen MR) is 43.8 cm³/mol. The van der Waals surface area contributed by atoms with Gasteiger partial charge in [0, 0.05) is 0 Å². The first-order chi connectivity index (χ1) is 5.37. The van der Waals surface area contributed by atoms with Gasteiger partial charge in [0.05, 0.1) is 12.0 Å². The van der Waals surface area contributed by atoms with Gasteiger partial charge in [0.25, 0.3) is 5.91 Å². The van der Waals surface area contributed by atoms with Crippen LogP contribution < -0.4 is 5.73 Å². The van der Waals surface area contributed by atoms with Crippen LogP contribution in [0.4, 0.5) is 0 Å². The van der Waals surface area contributed by atoms with E-state index in [1.165, 1.54) is 6.92 Å². The average molecular weight is 170 g/mol. The lowest BCUT2D eigenvalue weighted by Gasteiger charge is -2.30. The van der Waals surface area contributed by atoms with Crippen molar-refractivity contribution in [1.82, 2.24) is 0 Å². The van der Waals surface area contributed by atoms with Crippen molar-refractivity contribution in [3.63, 3.8) is 0 Å². The van der Waals surface area contributed by atoms with Crippen LogP contribution in [0.3, 0.4) is 0 Å². The summed E-state index contributed by atoms with van der Waals surface area (Å²) in [6.45, 7) is 4.78. The highest BCUT2D eigenvalue weighted by atomic mass is 16.3. The first kappa shape index (κ1) is 10.9. The van der Waals surface area contributed by atoms with Crippen LogP contribution >= 0.6 is 0 Å². The summed E-state index contributed by atoms with van der Waals surface area (Å²) in [5, 5.41) is 18.3. The van der Waals surface area contributed by atoms with Gasteiger partial charge in [-0.2, -0.15) is 5.26 Å². The standard InChI is InChI=1S/C8H14N2O2/c1-5(2)8(12,7(10)11)6(3)4-9/h5-6,12H,1-3H3,(H2,10,11)/t6-,8-/m1/s1. The van der Waals surface area contributed by atoms with E-state index in [0.29, 0.717) is 0 Å². The Hall–Kier alpha value is -1.08. The molecule has 4 nitrogen and oxygen atoms in total. The molecular formula is C8H14N2O2. The predicted octanol–water partition coefficient (Wildman–Crippen LogP) is 0.0185. The molecule has 68 valence electrons. The second-order valence-corrected chi connectivity index (χ2v) is 3.20. The number of aliphatic hydroxyl groups is 1. The molecule has 3 N–H and O–H groups in total. The van der Waals surface area contributed by atoms with Crippen molar-refractivity contribution in [2.45, 2.75) is 26.4 Å². The lowest BCUT2D eigenvalue weighted by Crippen LogP contribution is -2.52. The Kier molecular flexibility index (Phi) is 3.23. The molecular weight excluding hydrogens is 156 g/mol. The van der Waals surface area contributed by atoms with E-state index in [0.717, 1.165) is 0 Å². The maximum absolute atomic E-state index is 10.9. The van der Waals surface area contributed by atoms with E-state index in [4.69, 9.17) is 11.0 Å². The summed E-state index contributed by atoms with van der Waals surface area (Å²) in [7, 11) is 0. The smallest absolute Gasteiger partial charge is 0.251 e. The Morgan fingerprint density at radius 1 is 1.58 bits per heavy atom. The number of carbonyl (C=O) groups is 1. The minimum Gasteiger partial charge on any atom is -0.378 e. The summed E-state index contributed by atoms with van der Waals surface area (Å²) >= 11 is 0. The fourth-order valence-corrected chi connectivity index (χ4v) is 1.10. The highest BCUT2D eigenvalue weighted by Gasteiger charge is 2.43. The van der Waals surface area contributed by atoms with Gasteiger partial charge in [-0.15, -0.1) is 0 Å². The quantitative estimate of drug-likeness (QED) is 0.625. The van der Waals surface area contributed by atoms with Crippen LogP contribution in [0.1, 0.15) is 20.8 Å². The minimum absolute atomic E-state index is 0.357. The fraction of sp³-hybridized carbons (Fsp3) is 0.750. The molecule has 0 aromatic carbocycles. The highest BCUT2D eigenvalue weighted by Crippen LogP contribution is 2.25. The normalized spacial score (nSPS) is 18.0. The van der Waals surface area contributed by atoms with Gasteiger partial charge in [-0.25, -0.2) is 0 Å². The first-order valence-electron chi connectivity index (χ1n) is 3.79.